The van der Waals surface area contributed by atoms with Crippen molar-refractivity contribution in [3.05, 3.63) is 60.3 Å². The van der Waals surface area contributed by atoms with Gasteiger partial charge in [-0.05, 0) is 76.7 Å². The van der Waals surface area contributed by atoms with Crippen molar-refractivity contribution in [3.63, 3.8) is 0 Å². The van der Waals surface area contributed by atoms with E-state index in [0.717, 1.165) is 48.9 Å². The maximum Gasteiger partial charge on any atom is 0.332 e. The Morgan fingerprint density at radius 3 is 2.62 bits per heavy atom. The number of rotatable bonds is 9. The molecule has 0 atom stereocenters. The molecule has 5 rings (SSSR count). The number of imide groups is 1. The fraction of sp³-hybridized carbons (Fsp3) is 0.433. The zero-order valence-corrected chi connectivity index (χ0v) is 23.1. The molecule has 0 unspecified atom stereocenters. The number of anilines is 1. The van der Waals surface area contributed by atoms with Crippen LogP contribution < -0.4 is 19.7 Å². The number of benzene rings is 2. The van der Waals surface area contributed by atoms with Crippen molar-refractivity contribution in [2.24, 2.45) is 0 Å². The lowest BCUT2D eigenvalue weighted by atomic mass is 10.0. The Bertz CT molecular complexity index is 1350. The number of fused-ring (bicyclic) bond motifs is 1. The summed E-state index contributed by atoms with van der Waals surface area (Å²) in [5, 5.41) is 4.36. The number of hydrogen-bond acceptors (Lipinski definition) is 7. The Kier molecular flexibility index (Phi) is 7.72. The summed E-state index contributed by atoms with van der Waals surface area (Å²) in [5.74, 6) is 0.778. The summed E-state index contributed by atoms with van der Waals surface area (Å²) >= 11 is 0. The van der Waals surface area contributed by atoms with Gasteiger partial charge >= 0.3 is 6.03 Å². The van der Waals surface area contributed by atoms with Gasteiger partial charge in [0.25, 0.3) is 5.91 Å². The van der Waals surface area contributed by atoms with Crippen LogP contribution in [0.2, 0.25) is 0 Å². The molecule has 206 valence electrons. The Balaban J connectivity index is 1.35. The van der Waals surface area contributed by atoms with E-state index in [1.165, 1.54) is 4.90 Å². The molecule has 9 nitrogen and oxygen atoms in total. The number of carbonyl (C=O) groups is 2. The standard InChI is InChI=1S/C30H37N5O4/c1-30(2)28(36)35(29(37)34(30)20-21-11-16-32-25-8-6-5-7-24(21)25)23-9-10-26(38-4)27(19-23)39-18-17-33(3)22-12-14-31-15-13-22/h5-11,16,19,22,31H,12-15,17-18,20H2,1-4H3. The van der Waals surface area contributed by atoms with Crippen LogP contribution in [0, 0.1) is 0 Å². The highest BCUT2D eigenvalue weighted by Gasteiger charge is 2.52. The predicted octanol–water partition coefficient (Wildman–Crippen LogP) is 4.05. The number of nitrogens with zero attached hydrogens (tertiary/aromatic N) is 4. The second kappa shape index (κ2) is 11.2. The second-order valence-corrected chi connectivity index (χ2v) is 10.7. The van der Waals surface area contributed by atoms with E-state index >= 15 is 0 Å². The molecule has 2 aromatic carbocycles. The molecule has 0 radical (unpaired) electrons. The van der Waals surface area contributed by atoms with Crippen LogP contribution in [0.3, 0.4) is 0 Å². The predicted molar refractivity (Wildman–Crippen MR) is 151 cm³/mol. The number of amides is 3. The first-order chi connectivity index (χ1) is 18.8. The van der Waals surface area contributed by atoms with Gasteiger partial charge in [-0.1, -0.05) is 18.2 Å². The number of hydrogen-bond donors (Lipinski definition) is 1. The van der Waals surface area contributed by atoms with Gasteiger partial charge in [-0.25, -0.2) is 9.69 Å². The summed E-state index contributed by atoms with van der Waals surface area (Å²) in [6.45, 7) is 7.17. The number of pyridine rings is 1. The van der Waals surface area contributed by atoms with E-state index in [9.17, 15) is 9.59 Å². The summed E-state index contributed by atoms with van der Waals surface area (Å²) in [6, 6.07) is 15.1. The molecule has 1 N–H and O–H groups in total. The van der Waals surface area contributed by atoms with Crippen LogP contribution in [0.1, 0.15) is 32.3 Å². The van der Waals surface area contributed by atoms with Gasteiger partial charge in [-0.15, -0.1) is 0 Å². The lowest BCUT2D eigenvalue weighted by Crippen LogP contribution is -2.43. The number of ether oxygens (including phenoxy) is 2. The maximum absolute atomic E-state index is 13.7. The third-order valence-corrected chi connectivity index (χ3v) is 7.93. The summed E-state index contributed by atoms with van der Waals surface area (Å²) in [7, 11) is 3.70. The number of urea groups is 1. The Morgan fingerprint density at radius 2 is 1.85 bits per heavy atom. The molecule has 2 saturated heterocycles. The molecule has 0 spiro atoms. The summed E-state index contributed by atoms with van der Waals surface area (Å²) in [4.78, 5) is 37.0. The molecular formula is C30H37N5O4. The zero-order chi connectivity index (χ0) is 27.6. The molecule has 2 aliphatic heterocycles. The number of para-hydroxylation sites is 1. The first kappa shape index (κ1) is 26.9. The number of aromatic nitrogens is 1. The van der Waals surface area contributed by atoms with E-state index in [1.54, 1.807) is 50.3 Å². The quantitative estimate of drug-likeness (QED) is 0.417. The largest absolute Gasteiger partial charge is 0.493 e. The van der Waals surface area contributed by atoms with Gasteiger partial charge in [0.05, 0.1) is 18.3 Å². The van der Waals surface area contributed by atoms with Crippen LogP contribution in [0.5, 0.6) is 11.5 Å². The highest BCUT2D eigenvalue weighted by Crippen LogP contribution is 2.38. The lowest BCUT2D eigenvalue weighted by Gasteiger charge is -2.31. The fourth-order valence-corrected chi connectivity index (χ4v) is 5.44. The van der Waals surface area contributed by atoms with Gasteiger partial charge in [-0.3, -0.25) is 14.7 Å². The second-order valence-electron chi connectivity index (χ2n) is 10.7. The molecule has 9 heteroatoms. The van der Waals surface area contributed by atoms with Crippen LogP contribution in [0.4, 0.5) is 10.5 Å². The number of methoxy groups -OCH3 is 1. The third kappa shape index (κ3) is 5.29. The Labute approximate surface area is 229 Å². The minimum absolute atomic E-state index is 0.285. The van der Waals surface area contributed by atoms with E-state index in [4.69, 9.17) is 9.47 Å². The van der Waals surface area contributed by atoms with Gasteiger partial charge in [-0.2, -0.15) is 0 Å². The van der Waals surface area contributed by atoms with Crippen LogP contribution in [0.15, 0.2) is 54.7 Å². The van der Waals surface area contributed by atoms with E-state index in [0.29, 0.717) is 36.4 Å². The van der Waals surface area contributed by atoms with E-state index in [1.807, 2.05) is 30.3 Å². The average molecular weight is 532 g/mol. The summed E-state index contributed by atoms with van der Waals surface area (Å²) in [6.07, 6.45) is 3.98. The number of nitrogens with one attached hydrogen (secondary N) is 1. The molecule has 3 aromatic rings. The minimum atomic E-state index is -1.03. The van der Waals surface area contributed by atoms with Gasteiger partial charge in [0.1, 0.15) is 12.1 Å². The number of likely N-dealkylation sites (N-methyl/N-ethyl adjacent to an activating group) is 1. The van der Waals surface area contributed by atoms with Crippen LogP contribution >= 0.6 is 0 Å². The third-order valence-electron chi connectivity index (χ3n) is 7.93. The molecule has 3 amide bonds. The van der Waals surface area contributed by atoms with Crippen molar-refractivity contribution in [3.8, 4) is 11.5 Å². The van der Waals surface area contributed by atoms with Crippen molar-refractivity contribution in [2.75, 3.05) is 45.3 Å². The highest BCUT2D eigenvalue weighted by molar-refractivity contribution is 6.23. The van der Waals surface area contributed by atoms with Gasteiger partial charge in [0, 0.05) is 36.8 Å². The van der Waals surface area contributed by atoms with Crippen LogP contribution in [0.25, 0.3) is 10.9 Å². The topological polar surface area (TPSA) is 87.2 Å². The fourth-order valence-electron chi connectivity index (χ4n) is 5.44. The summed E-state index contributed by atoms with van der Waals surface area (Å²) in [5.41, 5.74) is 1.22. The van der Waals surface area contributed by atoms with E-state index in [-0.39, 0.29) is 11.9 Å². The first-order valence-corrected chi connectivity index (χ1v) is 13.5. The molecule has 39 heavy (non-hydrogen) atoms. The Morgan fingerprint density at radius 1 is 1.08 bits per heavy atom. The molecule has 3 heterocycles. The van der Waals surface area contributed by atoms with Crippen LogP contribution in [-0.2, 0) is 11.3 Å². The van der Waals surface area contributed by atoms with E-state index in [2.05, 4.69) is 22.2 Å². The normalized spacial score (nSPS) is 17.9. The van der Waals surface area contributed by atoms with Crippen molar-refractivity contribution in [2.45, 2.75) is 44.8 Å². The molecular weight excluding hydrogens is 494 g/mol. The van der Waals surface area contributed by atoms with Crippen molar-refractivity contribution < 1.29 is 19.1 Å². The monoisotopic (exact) mass is 531 g/mol. The van der Waals surface area contributed by atoms with Crippen LogP contribution in [-0.4, -0.2) is 78.7 Å². The van der Waals surface area contributed by atoms with Gasteiger partial charge in [0.2, 0.25) is 0 Å². The molecule has 0 saturated carbocycles. The molecule has 0 aliphatic carbocycles. The number of piperidine rings is 1. The van der Waals surface area contributed by atoms with Crippen molar-refractivity contribution in [1.29, 1.82) is 0 Å². The van der Waals surface area contributed by atoms with Crippen molar-refractivity contribution >= 4 is 28.5 Å². The van der Waals surface area contributed by atoms with E-state index < -0.39 is 5.54 Å². The minimum Gasteiger partial charge on any atom is -0.493 e. The maximum atomic E-state index is 13.7. The van der Waals surface area contributed by atoms with Crippen molar-refractivity contribution in [1.82, 2.24) is 20.1 Å². The smallest absolute Gasteiger partial charge is 0.332 e. The molecule has 0 bridgehead atoms. The van der Waals surface area contributed by atoms with Gasteiger partial charge < -0.3 is 19.7 Å². The average Bonchev–Trinajstić information content (AvgIpc) is 3.12. The molecule has 2 fully saturated rings. The number of carbonyl (C=O) groups excluding carboxylic acids is 2. The Hall–Kier alpha value is -3.69. The summed E-state index contributed by atoms with van der Waals surface area (Å²) < 4.78 is 11.7. The first-order valence-electron chi connectivity index (χ1n) is 13.5. The highest BCUT2D eigenvalue weighted by atomic mass is 16.5. The lowest BCUT2D eigenvalue weighted by molar-refractivity contribution is -0.123. The van der Waals surface area contributed by atoms with Gasteiger partial charge in [0.15, 0.2) is 11.5 Å². The zero-order valence-electron chi connectivity index (χ0n) is 23.1. The SMILES string of the molecule is COc1ccc(N2C(=O)N(Cc3ccnc4ccccc34)C(C)(C)C2=O)cc1OCCN(C)C1CCNCC1. The molecule has 2 aliphatic rings. The molecule has 1 aromatic heterocycles.